The molecule has 0 radical (unpaired) electrons. The van der Waals surface area contributed by atoms with Crippen molar-refractivity contribution in [3.8, 4) is 0 Å². The third-order valence-electron chi connectivity index (χ3n) is 5.76. The maximum Gasteiger partial charge on any atom is 0.270 e. The van der Waals surface area contributed by atoms with E-state index in [-0.39, 0.29) is 16.8 Å². The average molecular weight is 396 g/mol. The van der Waals surface area contributed by atoms with Gasteiger partial charge in [0.1, 0.15) is 6.23 Å². The number of hydrogen-bond donors (Lipinski definition) is 0. The van der Waals surface area contributed by atoms with Crippen LogP contribution in [-0.2, 0) is 11.3 Å². The van der Waals surface area contributed by atoms with Gasteiger partial charge in [0.25, 0.3) is 5.69 Å². The summed E-state index contributed by atoms with van der Waals surface area (Å²) >= 11 is 0. The molecule has 2 saturated heterocycles. The molecule has 29 heavy (non-hydrogen) atoms. The molecular formula is C22H28N4O3. The standard InChI is InChI=1S/C22H28N4O3/c1-23-11-13-24(14-12-23)21-9-8-19(26(27)28)16-20(21)22-25(10-5-15-29-22)17-18-6-3-2-4-7-18/h2-4,6-9,16,22H,5,10-15,17H2,1H3/t22-/m0/s1. The number of rotatable bonds is 5. The Morgan fingerprint density at radius 3 is 2.55 bits per heavy atom. The van der Waals surface area contributed by atoms with E-state index in [1.54, 1.807) is 12.1 Å². The SMILES string of the molecule is CN1CCN(c2ccc([N+](=O)[O-])cc2[C@@H]2OCCCN2Cc2ccccc2)CC1. The van der Waals surface area contributed by atoms with Crippen molar-refractivity contribution in [2.24, 2.45) is 0 Å². The zero-order chi connectivity index (χ0) is 20.2. The molecule has 0 N–H and O–H groups in total. The summed E-state index contributed by atoms with van der Waals surface area (Å²) in [6.07, 6.45) is 0.681. The van der Waals surface area contributed by atoms with Crippen LogP contribution < -0.4 is 4.90 Å². The first-order chi connectivity index (χ1) is 14.1. The molecule has 0 unspecified atom stereocenters. The minimum absolute atomic E-state index is 0.117. The van der Waals surface area contributed by atoms with Crippen LogP contribution >= 0.6 is 0 Å². The Morgan fingerprint density at radius 2 is 1.83 bits per heavy atom. The lowest BCUT2D eigenvalue weighted by Gasteiger charge is -2.40. The first kappa shape index (κ1) is 19.8. The summed E-state index contributed by atoms with van der Waals surface area (Å²) in [7, 11) is 2.12. The van der Waals surface area contributed by atoms with Crippen LogP contribution in [-0.4, -0.2) is 61.1 Å². The molecule has 0 bridgehead atoms. The fourth-order valence-electron chi connectivity index (χ4n) is 4.14. The van der Waals surface area contributed by atoms with Crippen LogP contribution in [0.3, 0.4) is 0 Å². The molecule has 7 nitrogen and oxygen atoms in total. The van der Waals surface area contributed by atoms with Crippen molar-refractivity contribution in [3.63, 3.8) is 0 Å². The van der Waals surface area contributed by atoms with Crippen molar-refractivity contribution >= 4 is 11.4 Å². The summed E-state index contributed by atoms with van der Waals surface area (Å²) in [6, 6.07) is 15.5. The molecule has 0 aromatic heterocycles. The molecule has 2 aliphatic heterocycles. The maximum absolute atomic E-state index is 11.5. The molecule has 0 aliphatic carbocycles. The lowest BCUT2D eigenvalue weighted by Crippen LogP contribution is -2.45. The number of benzene rings is 2. The summed E-state index contributed by atoms with van der Waals surface area (Å²) in [5.74, 6) is 0. The molecular weight excluding hydrogens is 368 g/mol. The predicted octanol–water partition coefficient (Wildman–Crippen LogP) is 3.27. The van der Waals surface area contributed by atoms with Crippen LogP contribution in [0.2, 0.25) is 0 Å². The quantitative estimate of drug-likeness (QED) is 0.571. The summed E-state index contributed by atoms with van der Waals surface area (Å²) in [4.78, 5) is 18.1. The number of anilines is 1. The van der Waals surface area contributed by atoms with Gasteiger partial charge < -0.3 is 14.5 Å². The number of nitro benzene ring substituents is 1. The molecule has 2 fully saturated rings. The zero-order valence-corrected chi connectivity index (χ0v) is 16.9. The van der Waals surface area contributed by atoms with Gasteiger partial charge in [-0.3, -0.25) is 15.0 Å². The van der Waals surface area contributed by atoms with Gasteiger partial charge in [0.05, 0.1) is 11.5 Å². The zero-order valence-electron chi connectivity index (χ0n) is 16.9. The Balaban J connectivity index is 1.67. The third-order valence-corrected chi connectivity index (χ3v) is 5.76. The Bertz CT molecular complexity index is 837. The Labute approximate surface area is 171 Å². The molecule has 1 atom stereocenters. The van der Waals surface area contributed by atoms with E-state index < -0.39 is 0 Å². The normalized spacial score (nSPS) is 21.3. The fraction of sp³-hybridized carbons (Fsp3) is 0.455. The van der Waals surface area contributed by atoms with Gasteiger partial charge >= 0.3 is 0 Å². The van der Waals surface area contributed by atoms with E-state index in [4.69, 9.17) is 4.74 Å². The highest BCUT2D eigenvalue weighted by Crippen LogP contribution is 2.37. The monoisotopic (exact) mass is 396 g/mol. The van der Waals surface area contributed by atoms with Crippen molar-refractivity contribution in [1.82, 2.24) is 9.80 Å². The third kappa shape index (κ3) is 4.58. The number of piperazine rings is 1. The number of ether oxygens (including phenoxy) is 1. The number of hydrogen-bond acceptors (Lipinski definition) is 6. The van der Waals surface area contributed by atoms with Gasteiger partial charge in [-0.15, -0.1) is 0 Å². The molecule has 0 saturated carbocycles. The maximum atomic E-state index is 11.5. The number of likely N-dealkylation sites (N-methyl/N-ethyl adjacent to an activating group) is 1. The predicted molar refractivity (Wildman–Crippen MR) is 113 cm³/mol. The van der Waals surface area contributed by atoms with Crippen molar-refractivity contribution in [1.29, 1.82) is 0 Å². The Morgan fingerprint density at radius 1 is 1.07 bits per heavy atom. The molecule has 2 aromatic rings. The smallest absolute Gasteiger partial charge is 0.270 e. The molecule has 154 valence electrons. The van der Waals surface area contributed by atoms with E-state index in [1.807, 2.05) is 24.3 Å². The lowest BCUT2D eigenvalue weighted by atomic mass is 10.0. The molecule has 2 aromatic carbocycles. The number of nitro groups is 1. The van der Waals surface area contributed by atoms with Crippen LogP contribution in [0.15, 0.2) is 48.5 Å². The summed E-state index contributed by atoms with van der Waals surface area (Å²) in [5, 5.41) is 11.5. The van der Waals surface area contributed by atoms with Crippen LogP contribution in [0.1, 0.15) is 23.8 Å². The van der Waals surface area contributed by atoms with Gasteiger partial charge in [-0.1, -0.05) is 30.3 Å². The van der Waals surface area contributed by atoms with E-state index >= 15 is 0 Å². The van der Waals surface area contributed by atoms with Crippen molar-refractivity contribution in [3.05, 3.63) is 69.8 Å². The van der Waals surface area contributed by atoms with Gasteiger partial charge in [-0.05, 0) is 25.1 Å². The highest BCUT2D eigenvalue weighted by atomic mass is 16.6. The van der Waals surface area contributed by atoms with Crippen LogP contribution in [0.25, 0.3) is 0 Å². The first-order valence-corrected chi connectivity index (χ1v) is 10.2. The average Bonchev–Trinajstić information content (AvgIpc) is 2.75. The lowest BCUT2D eigenvalue weighted by molar-refractivity contribution is -0.385. The Hall–Kier alpha value is -2.48. The van der Waals surface area contributed by atoms with Crippen molar-refractivity contribution < 1.29 is 9.66 Å². The Kier molecular flexibility index (Phi) is 6.08. The van der Waals surface area contributed by atoms with Gasteiger partial charge in [0.2, 0.25) is 0 Å². The van der Waals surface area contributed by atoms with Gasteiger partial charge in [-0.25, -0.2) is 0 Å². The molecule has 2 heterocycles. The summed E-state index contributed by atoms with van der Waals surface area (Å²) in [6.45, 7) is 6.12. The van der Waals surface area contributed by atoms with Crippen molar-refractivity contribution in [2.75, 3.05) is 51.3 Å². The molecule has 4 rings (SSSR count). The minimum Gasteiger partial charge on any atom is -0.369 e. The van der Waals surface area contributed by atoms with E-state index in [2.05, 4.69) is 33.9 Å². The van der Waals surface area contributed by atoms with E-state index in [9.17, 15) is 10.1 Å². The van der Waals surface area contributed by atoms with Gasteiger partial charge in [0.15, 0.2) is 0 Å². The molecule has 0 amide bonds. The minimum atomic E-state index is -0.318. The topological polar surface area (TPSA) is 62.1 Å². The molecule has 7 heteroatoms. The highest BCUT2D eigenvalue weighted by molar-refractivity contribution is 5.59. The fourth-order valence-corrected chi connectivity index (χ4v) is 4.14. The number of nitrogens with zero attached hydrogens (tertiary/aromatic N) is 4. The highest BCUT2D eigenvalue weighted by Gasteiger charge is 2.30. The van der Waals surface area contributed by atoms with E-state index in [1.165, 1.54) is 5.56 Å². The van der Waals surface area contributed by atoms with Crippen LogP contribution in [0.4, 0.5) is 11.4 Å². The molecule has 2 aliphatic rings. The molecule has 0 spiro atoms. The number of non-ortho nitro benzene ring substituents is 1. The van der Waals surface area contributed by atoms with Gasteiger partial charge in [-0.2, -0.15) is 0 Å². The second kappa shape index (κ2) is 8.90. The first-order valence-electron chi connectivity index (χ1n) is 10.2. The summed E-state index contributed by atoms with van der Waals surface area (Å²) < 4.78 is 6.20. The van der Waals surface area contributed by atoms with Crippen LogP contribution in [0, 0.1) is 10.1 Å². The summed E-state index contributed by atoms with van der Waals surface area (Å²) in [5.41, 5.74) is 3.29. The van der Waals surface area contributed by atoms with Gasteiger partial charge in [0, 0.05) is 62.7 Å². The van der Waals surface area contributed by atoms with E-state index in [0.717, 1.165) is 56.9 Å². The second-order valence-electron chi connectivity index (χ2n) is 7.82. The second-order valence-corrected chi connectivity index (χ2v) is 7.82. The van der Waals surface area contributed by atoms with E-state index in [0.29, 0.717) is 6.61 Å². The van der Waals surface area contributed by atoms with Crippen molar-refractivity contribution in [2.45, 2.75) is 19.2 Å². The van der Waals surface area contributed by atoms with Crippen LogP contribution in [0.5, 0.6) is 0 Å². The largest absolute Gasteiger partial charge is 0.369 e.